The maximum Gasteiger partial charge on any atom is 0.328 e. The lowest BCUT2D eigenvalue weighted by atomic mass is 10.2. The molecule has 0 aromatic heterocycles. The van der Waals surface area contributed by atoms with Gasteiger partial charge >= 0.3 is 5.97 Å². The van der Waals surface area contributed by atoms with Crippen molar-refractivity contribution >= 4 is 23.6 Å². The Hall–Kier alpha value is -0.710. The first-order chi connectivity index (χ1) is 6.76. The molecule has 0 fully saturated rings. The zero-order valence-electron chi connectivity index (χ0n) is 9.92. The van der Waals surface area contributed by atoms with Gasteiger partial charge in [-0.3, -0.25) is 4.79 Å². The van der Waals surface area contributed by atoms with Crippen LogP contribution in [0.15, 0.2) is 0 Å². The Kier molecular flexibility index (Phi) is 5.72. The molecule has 1 amide bonds. The average Bonchev–Trinajstić information content (AvgIpc) is 2.00. The van der Waals surface area contributed by atoms with E-state index in [-0.39, 0.29) is 5.91 Å². The maximum absolute atomic E-state index is 11.5. The van der Waals surface area contributed by atoms with E-state index in [1.54, 1.807) is 27.7 Å². The van der Waals surface area contributed by atoms with Gasteiger partial charge in [-0.05, 0) is 34.0 Å². The highest BCUT2D eigenvalue weighted by Crippen LogP contribution is 2.08. The molecule has 1 N–H and O–H groups in total. The minimum absolute atomic E-state index is 0.152. The summed E-state index contributed by atoms with van der Waals surface area (Å²) in [5, 5.41) is 2.57. The molecule has 15 heavy (non-hydrogen) atoms. The number of ether oxygens (including phenoxy) is 1. The quantitative estimate of drug-likeness (QED) is 0.741. The Morgan fingerprint density at radius 1 is 1.40 bits per heavy atom. The molecule has 0 saturated heterocycles. The van der Waals surface area contributed by atoms with Gasteiger partial charge in [0.25, 0.3) is 0 Å². The van der Waals surface area contributed by atoms with Gasteiger partial charge in [0.2, 0.25) is 5.91 Å². The minimum Gasteiger partial charge on any atom is -0.458 e. The molecule has 5 heteroatoms. The normalized spacial score (nSPS) is 13.1. The van der Waals surface area contributed by atoms with Crippen molar-refractivity contribution in [1.82, 2.24) is 5.32 Å². The van der Waals surface area contributed by atoms with Gasteiger partial charge in [-0.1, -0.05) is 0 Å². The number of hydrogen-bond acceptors (Lipinski definition) is 4. The van der Waals surface area contributed by atoms with Gasteiger partial charge in [-0.2, -0.15) is 11.8 Å². The number of esters is 1. The van der Waals surface area contributed by atoms with Crippen molar-refractivity contribution in [2.75, 3.05) is 12.0 Å². The van der Waals surface area contributed by atoms with Gasteiger partial charge in [0, 0.05) is 0 Å². The Balaban J connectivity index is 4.05. The van der Waals surface area contributed by atoms with E-state index in [9.17, 15) is 9.59 Å². The molecule has 0 aromatic rings. The monoisotopic (exact) mass is 233 g/mol. The molecule has 4 nitrogen and oxygen atoms in total. The Labute approximate surface area is 95.1 Å². The summed E-state index contributed by atoms with van der Waals surface area (Å²) in [5.41, 5.74) is -0.518. The third-order valence-corrected chi connectivity index (χ3v) is 1.96. The lowest BCUT2D eigenvalue weighted by Crippen LogP contribution is -2.42. The van der Waals surface area contributed by atoms with Gasteiger partial charge in [0.1, 0.15) is 11.6 Å². The summed E-state index contributed by atoms with van der Waals surface area (Å²) in [5.74, 6) is -0.203. The fraction of sp³-hybridized carbons (Fsp3) is 0.800. The molecule has 0 bridgehead atoms. The van der Waals surface area contributed by atoms with E-state index in [1.807, 2.05) is 6.26 Å². The van der Waals surface area contributed by atoms with Crippen molar-refractivity contribution in [2.24, 2.45) is 0 Å². The van der Waals surface area contributed by atoms with E-state index in [4.69, 9.17) is 4.74 Å². The molecular weight excluding hydrogens is 214 g/mol. The van der Waals surface area contributed by atoms with Crippen molar-refractivity contribution in [3.8, 4) is 0 Å². The smallest absolute Gasteiger partial charge is 0.328 e. The van der Waals surface area contributed by atoms with Gasteiger partial charge in [-0.25, -0.2) is 4.79 Å². The number of nitrogens with one attached hydrogen (secondary N) is 1. The van der Waals surface area contributed by atoms with Crippen molar-refractivity contribution in [3.63, 3.8) is 0 Å². The zero-order valence-corrected chi connectivity index (χ0v) is 10.7. The summed E-state index contributed by atoms with van der Waals surface area (Å²) in [4.78, 5) is 22.6. The second-order valence-electron chi connectivity index (χ2n) is 4.26. The Morgan fingerprint density at radius 2 is 1.93 bits per heavy atom. The molecular formula is C10H19NO3S. The number of hydrogen-bond donors (Lipinski definition) is 1. The van der Waals surface area contributed by atoms with E-state index < -0.39 is 17.6 Å². The van der Waals surface area contributed by atoms with Crippen LogP contribution < -0.4 is 5.32 Å². The second kappa shape index (κ2) is 6.00. The zero-order chi connectivity index (χ0) is 12.1. The third kappa shape index (κ3) is 7.25. The number of carbonyl (C=O) groups is 2. The number of amides is 1. The van der Waals surface area contributed by atoms with E-state index in [0.717, 1.165) is 0 Å². The van der Waals surface area contributed by atoms with E-state index in [1.165, 1.54) is 11.8 Å². The van der Waals surface area contributed by atoms with Gasteiger partial charge < -0.3 is 10.1 Å². The highest BCUT2D eigenvalue weighted by molar-refractivity contribution is 7.99. The van der Waals surface area contributed by atoms with E-state index >= 15 is 0 Å². The van der Waals surface area contributed by atoms with Crippen LogP contribution >= 0.6 is 11.8 Å². The van der Waals surface area contributed by atoms with Crippen LogP contribution in [0.5, 0.6) is 0 Å². The first kappa shape index (κ1) is 14.3. The lowest BCUT2D eigenvalue weighted by molar-refractivity contribution is -0.157. The second-order valence-corrected chi connectivity index (χ2v) is 5.12. The minimum atomic E-state index is -0.594. The molecule has 0 radical (unpaired) electrons. The SMILES string of the molecule is CSCC(=O)N[C@@H](C)C(=O)OC(C)(C)C. The van der Waals surface area contributed by atoms with Crippen LogP contribution in [0, 0.1) is 0 Å². The number of thioether (sulfide) groups is 1. The first-order valence-corrected chi connectivity index (χ1v) is 6.17. The predicted octanol–water partition coefficient (Wildman–Crippen LogP) is 1.20. The Morgan fingerprint density at radius 3 is 2.33 bits per heavy atom. The number of rotatable bonds is 4. The molecule has 1 atom stereocenters. The largest absolute Gasteiger partial charge is 0.458 e. The third-order valence-electron chi connectivity index (χ3n) is 1.41. The van der Waals surface area contributed by atoms with Crippen LogP contribution in [-0.2, 0) is 14.3 Å². The summed E-state index contributed by atoms with van der Waals surface area (Å²) in [6, 6.07) is -0.594. The Bertz CT molecular complexity index is 235. The highest BCUT2D eigenvalue weighted by Gasteiger charge is 2.22. The highest BCUT2D eigenvalue weighted by atomic mass is 32.2. The predicted molar refractivity (Wildman–Crippen MR) is 61.8 cm³/mol. The number of carbonyl (C=O) groups excluding carboxylic acids is 2. The van der Waals surface area contributed by atoms with Crippen molar-refractivity contribution in [2.45, 2.75) is 39.3 Å². The van der Waals surface area contributed by atoms with E-state index in [2.05, 4.69) is 5.32 Å². The summed E-state index contributed by atoms with van der Waals surface area (Å²) in [6.07, 6.45) is 1.83. The molecule has 0 aliphatic carbocycles. The van der Waals surface area contributed by atoms with Crippen LogP contribution in [0.25, 0.3) is 0 Å². The summed E-state index contributed by atoms with van der Waals surface area (Å²) in [6.45, 7) is 7.00. The standard InChI is InChI=1S/C10H19NO3S/c1-7(11-8(12)6-15-5)9(13)14-10(2,3)4/h7H,6H2,1-5H3,(H,11,12)/t7-/m0/s1. The molecule has 0 aliphatic rings. The topological polar surface area (TPSA) is 55.4 Å². The first-order valence-electron chi connectivity index (χ1n) is 4.77. The van der Waals surface area contributed by atoms with Crippen LogP contribution in [0.3, 0.4) is 0 Å². The molecule has 0 unspecified atom stereocenters. The molecule has 0 aromatic carbocycles. The van der Waals surface area contributed by atoms with Gasteiger partial charge in [0.05, 0.1) is 5.75 Å². The summed E-state index contributed by atoms with van der Waals surface area (Å²) < 4.78 is 5.12. The maximum atomic E-state index is 11.5. The van der Waals surface area contributed by atoms with E-state index in [0.29, 0.717) is 5.75 Å². The molecule has 0 aliphatic heterocycles. The molecule has 0 spiro atoms. The average molecular weight is 233 g/mol. The molecule has 88 valence electrons. The van der Waals surface area contributed by atoms with Crippen LogP contribution in [0.2, 0.25) is 0 Å². The van der Waals surface area contributed by atoms with Gasteiger partial charge in [-0.15, -0.1) is 0 Å². The fourth-order valence-corrected chi connectivity index (χ4v) is 1.21. The molecule has 0 rings (SSSR count). The molecule has 0 heterocycles. The van der Waals surface area contributed by atoms with Crippen molar-refractivity contribution in [3.05, 3.63) is 0 Å². The van der Waals surface area contributed by atoms with Crippen LogP contribution in [0.1, 0.15) is 27.7 Å². The summed E-state index contributed by atoms with van der Waals surface area (Å²) in [7, 11) is 0. The van der Waals surface area contributed by atoms with Crippen molar-refractivity contribution in [1.29, 1.82) is 0 Å². The van der Waals surface area contributed by atoms with Crippen LogP contribution in [-0.4, -0.2) is 35.5 Å². The van der Waals surface area contributed by atoms with Crippen LogP contribution in [0.4, 0.5) is 0 Å². The lowest BCUT2D eigenvalue weighted by Gasteiger charge is -2.22. The fourth-order valence-electron chi connectivity index (χ4n) is 0.863. The molecule has 0 saturated carbocycles. The summed E-state index contributed by atoms with van der Waals surface area (Å²) >= 11 is 1.41. The van der Waals surface area contributed by atoms with Crippen molar-refractivity contribution < 1.29 is 14.3 Å². The van der Waals surface area contributed by atoms with Gasteiger partial charge in [0.15, 0.2) is 0 Å².